The van der Waals surface area contributed by atoms with Crippen LogP contribution in [0.15, 0.2) is 90.5 Å². The molecule has 0 aliphatic carbocycles. The lowest BCUT2D eigenvalue weighted by Crippen LogP contribution is -2.29. The van der Waals surface area contributed by atoms with Crippen LogP contribution in [0.25, 0.3) is 16.0 Å². The number of nitrogens with zero attached hydrogens (tertiary/aromatic N) is 2. The van der Waals surface area contributed by atoms with E-state index in [2.05, 4.69) is 0 Å². The number of rotatable bonds is 5. The molecule has 8 heteroatoms. The fourth-order valence-corrected chi connectivity index (χ4v) is 7.07. The first-order valence-corrected chi connectivity index (χ1v) is 14.9. The van der Waals surface area contributed by atoms with E-state index in [1.54, 1.807) is 18.2 Å². The van der Waals surface area contributed by atoms with Crippen molar-refractivity contribution in [2.24, 2.45) is 0 Å². The number of fused-ring (bicyclic) bond motifs is 2. The van der Waals surface area contributed by atoms with E-state index in [0.717, 1.165) is 32.7 Å². The molecule has 4 aromatic carbocycles. The molecule has 0 unspecified atom stereocenters. The maximum atomic E-state index is 13.8. The van der Waals surface area contributed by atoms with Crippen LogP contribution in [0.5, 0.6) is 17.2 Å². The summed E-state index contributed by atoms with van der Waals surface area (Å²) >= 11 is 1.35. The van der Waals surface area contributed by atoms with Crippen molar-refractivity contribution in [2.75, 3.05) is 4.90 Å². The summed E-state index contributed by atoms with van der Waals surface area (Å²) in [4.78, 5) is 33.9. The highest BCUT2D eigenvalue weighted by Crippen LogP contribution is 2.46. The third kappa shape index (κ3) is 4.73. The van der Waals surface area contributed by atoms with Gasteiger partial charge in [-0.3, -0.25) is 14.5 Å². The van der Waals surface area contributed by atoms with Gasteiger partial charge in [-0.15, -0.1) is 0 Å². The van der Waals surface area contributed by atoms with Crippen LogP contribution in [0.4, 0.5) is 5.13 Å². The number of amides is 1. The summed E-state index contributed by atoms with van der Waals surface area (Å²) in [5.41, 5.74) is 4.85. The fourth-order valence-electron chi connectivity index (χ4n) is 5.90. The van der Waals surface area contributed by atoms with Crippen LogP contribution in [0, 0.1) is 13.8 Å². The first kappa shape index (κ1) is 26.9. The van der Waals surface area contributed by atoms with Gasteiger partial charge in [-0.25, -0.2) is 4.98 Å². The number of para-hydroxylation sites is 1. The first-order valence-electron chi connectivity index (χ1n) is 14.1. The SMILES string of the molecule is Cc1cc(C)c2nc(N3C(=O)C(=O)/C(=C(/O)c4ccc5c(c4)C[C@@H](C)O5)[C@H]3c3cccc(Oc4ccccc4)c3)sc2c1. The Labute approximate surface area is 252 Å². The van der Waals surface area contributed by atoms with E-state index >= 15 is 0 Å². The number of aryl methyl sites for hydroxylation is 2. The molecule has 1 saturated heterocycles. The lowest BCUT2D eigenvalue weighted by atomic mass is 9.94. The van der Waals surface area contributed by atoms with E-state index in [4.69, 9.17) is 14.5 Å². The van der Waals surface area contributed by atoms with Gasteiger partial charge < -0.3 is 14.6 Å². The van der Waals surface area contributed by atoms with E-state index in [0.29, 0.717) is 34.2 Å². The predicted molar refractivity (Wildman–Crippen MR) is 167 cm³/mol. The molecule has 2 aliphatic rings. The molecule has 0 radical (unpaired) electrons. The molecule has 214 valence electrons. The van der Waals surface area contributed by atoms with Crippen molar-refractivity contribution in [3.8, 4) is 17.2 Å². The Kier molecular flexibility index (Phi) is 6.51. The van der Waals surface area contributed by atoms with E-state index in [1.807, 2.05) is 87.5 Å². The molecule has 0 spiro atoms. The molecule has 43 heavy (non-hydrogen) atoms. The summed E-state index contributed by atoms with van der Waals surface area (Å²) in [6, 6.07) is 25.1. The zero-order valence-corrected chi connectivity index (χ0v) is 24.6. The van der Waals surface area contributed by atoms with Crippen LogP contribution in [0.1, 0.15) is 40.8 Å². The molecule has 7 rings (SSSR count). The Hall–Kier alpha value is -4.95. The zero-order chi connectivity index (χ0) is 29.8. The topological polar surface area (TPSA) is 89.0 Å². The number of ketones is 1. The number of aliphatic hydroxyl groups excluding tert-OH is 1. The zero-order valence-electron chi connectivity index (χ0n) is 23.8. The van der Waals surface area contributed by atoms with Crippen molar-refractivity contribution >= 4 is 44.1 Å². The van der Waals surface area contributed by atoms with Crippen molar-refractivity contribution in [1.82, 2.24) is 4.98 Å². The number of anilines is 1. The highest BCUT2D eigenvalue weighted by molar-refractivity contribution is 7.22. The third-order valence-electron chi connectivity index (χ3n) is 7.79. The maximum absolute atomic E-state index is 13.8. The number of carbonyl (C=O) groups is 2. The second-order valence-electron chi connectivity index (χ2n) is 11.0. The number of carbonyl (C=O) groups excluding carboxylic acids is 2. The van der Waals surface area contributed by atoms with Gasteiger partial charge in [-0.1, -0.05) is 47.7 Å². The van der Waals surface area contributed by atoms with E-state index in [1.165, 1.54) is 16.2 Å². The van der Waals surface area contributed by atoms with Crippen LogP contribution >= 0.6 is 11.3 Å². The van der Waals surface area contributed by atoms with Gasteiger partial charge in [0.15, 0.2) is 5.13 Å². The number of aliphatic hydroxyl groups is 1. The monoisotopic (exact) mass is 588 g/mol. The second kappa shape index (κ2) is 10.4. The average Bonchev–Trinajstić information content (AvgIpc) is 3.66. The Balaban J connectivity index is 1.39. The minimum Gasteiger partial charge on any atom is -0.507 e. The molecule has 1 aromatic heterocycles. The Bertz CT molecular complexity index is 1960. The number of Topliss-reactive ketones (excluding diaryl/α,β-unsaturated/α-hetero) is 1. The standard InChI is InChI=1S/C35H28N2O5S/c1-19-14-20(2)30-28(15-19)43-35(36-30)37-31(22-8-7-11-26(18-22)42-25-9-5-4-6-10-25)29(33(39)34(37)40)32(38)23-12-13-27-24(17-23)16-21(3)41-27/h4-15,17-18,21,31,38H,16H2,1-3H3/b32-29+/t21-,31-/m1/s1. The highest BCUT2D eigenvalue weighted by Gasteiger charge is 2.48. The molecule has 0 saturated carbocycles. The summed E-state index contributed by atoms with van der Waals surface area (Å²) in [5, 5.41) is 12.1. The lowest BCUT2D eigenvalue weighted by Gasteiger charge is -2.23. The number of hydrogen-bond acceptors (Lipinski definition) is 7. The normalized spacial score (nSPS) is 19.1. The predicted octanol–water partition coefficient (Wildman–Crippen LogP) is 7.66. The van der Waals surface area contributed by atoms with Crippen molar-refractivity contribution in [1.29, 1.82) is 0 Å². The number of thiazole rings is 1. The van der Waals surface area contributed by atoms with Crippen LogP contribution in [-0.4, -0.2) is 27.9 Å². The van der Waals surface area contributed by atoms with Crippen LogP contribution in [0.3, 0.4) is 0 Å². The molecular formula is C35H28N2O5S. The molecule has 2 aliphatic heterocycles. The van der Waals surface area contributed by atoms with Gasteiger partial charge in [0.25, 0.3) is 5.78 Å². The minimum atomic E-state index is -0.926. The second-order valence-corrected chi connectivity index (χ2v) is 12.0. The smallest absolute Gasteiger partial charge is 0.301 e. The van der Waals surface area contributed by atoms with Crippen molar-refractivity contribution < 1.29 is 24.2 Å². The summed E-state index contributed by atoms with van der Waals surface area (Å²) in [6.07, 6.45) is 0.717. The van der Waals surface area contributed by atoms with Gasteiger partial charge in [0.1, 0.15) is 29.1 Å². The van der Waals surface area contributed by atoms with Gasteiger partial charge in [0, 0.05) is 12.0 Å². The maximum Gasteiger partial charge on any atom is 0.301 e. The lowest BCUT2D eigenvalue weighted by molar-refractivity contribution is -0.132. The molecule has 1 fully saturated rings. The van der Waals surface area contributed by atoms with Crippen molar-refractivity contribution in [2.45, 2.75) is 39.3 Å². The van der Waals surface area contributed by atoms with Crippen molar-refractivity contribution in [3.63, 3.8) is 0 Å². The fraction of sp³-hybridized carbons (Fsp3) is 0.171. The van der Waals surface area contributed by atoms with Crippen molar-refractivity contribution in [3.05, 3.63) is 118 Å². The number of ether oxygens (including phenoxy) is 2. The van der Waals surface area contributed by atoms with E-state index < -0.39 is 17.7 Å². The van der Waals surface area contributed by atoms with Crippen LogP contribution in [0.2, 0.25) is 0 Å². The molecule has 0 bridgehead atoms. The number of hydrogen-bond donors (Lipinski definition) is 1. The van der Waals surface area contributed by atoms with Gasteiger partial charge in [-0.05, 0) is 91.6 Å². The quantitative estimate of drug-likeness (QED) is 0.129. The van der Waals surface area contributed by atoms with Crippen LogP contribution in [-0.2, 0) is 16.0 Å². The third-order valence-corrected chi connectivity index (χ3v) is 8.79. The van der Waals surface area contributed by atoms with Gasteiger partial charge >= 0.3 is 5.91 Å². The molecular weight excluding hydrogens is 560 g/mol. The van der Waals surface area contributed by atoms with Gasteiger partial charge in [-0.2, -0.15) is 0 Å². The van der Waals surface area contributed by atoms with Crippen LogP contribution < -0.4 is 14.4 Å². The van der Waals surface area contributed by atoms with E-state index in [-0.39, 0.29) is 17.4 Å². The molecule has 7 nitrogen and oxygen atoms in total. The summed E-state index contributed by atoms with van der Waals surface area (Å²) in [6.45, 7) is 5.97. The number of benzene rings is 4. The van der Waals surface area contributed by atoms with Gasteiger partial charge in [0.2, 0.25) is 0 Å². The minimum absolute atomic E-state index is 0.000864. The molecule has 2 atom stereocenters. The van der Waals surface area contributed by atoms with E-state index in [9.17, 15) is 14.7 Å². The molecule has 1 amide bonds. The average molecular weight is 589 g/mol. The Morgan fingerprint density at radius 2 is 1.77 bits per heavy atom. The first-order chi connectivity index (χ1) is 20.8. The number of aromatic nitrogens is 1. The Morgan fingerprint density at radius 1 is 0.977 bits per heavy atom. The highest BCUT2D eigenvalue weighted by atomic mass is 32.1. The summed E-state index contributed by atoms with van der Waals surface area (Å²) in [5.74, 6) is 0.193. The molecule has 1 N–H and O–H groups in total. The van der Waals surface area contributed by atoms with Gasteiger partial charge in [0.05, 0.1) is 21.8 Å². The largest absolute Gasteiger partial charge is 0.507 e. The Morgan fingerprint density at radius 3 is 2.58 bits per heavy atom. The summed E-state index contributed by atoms with van der Waals surface area (Å²) < 4.78 is 12.8. The molecule has 3 heterocycles. The summed E-state index contributed by atoms with van der Waals surface area (Å²) in [7, 11) is 0. The molecule has 5 aromatic rings.